The van der Waals surface area contributed by atoms with E-state index in [1.54, 1.807) is 0 Å². The average Bonchev–Trinajstić information content (AvgIpc) is 3.80. The first-order valence-corrected chi connectivity index (χ1v) is 14.7. The molecule has 15 nitrogen and oxygen atoms in total. The molecule has 8 atom stereocenters. The predicted molar refractivity (Wildman–Crippen MR) is 168 cm³/mol. The zero-order valence-corrected chi connectivity index (χ0v) is 25.2. The van der Waals surface area contributed by atoms with E-state index in [-0.39, 0.29) is 52.5 Å². The van der Waals surface area contributed by atoms with Gasteiger partial charge in [0.2, 0.25) is 0 Å². The summed E-state index contributed by atoms with van der Waals surface area (Å²) in [4.78, 5) is 16.5. The monoisotopic (exact) mass is 663 g/mol. The van der Waals surface area contributed by atoms with E-state index in [1.807, 2.05) is 61.4 Å². The normalized spacial score (nSPS) is 32.0. The highest BCUT2D eigenvalue weighted by atomic mass is 35.5. The fourth-order valence-corrected chi connectivity index (χ4v) is 6.59. The van der Waals surface area contributed by atoms with Crippen molar-refractivity contribution < 1.29 is 38.6 Å². The van der Waals surface area contributed by atoms with Crippen LogP contribution >= 0.6 is 11.6 Å². The number of nitrogens with two attached hydrogens (primary N) is 1. The van der Waals surface area contributed by atoms with Gasteiger partial charge in [-0.05, 0) is 39.8 Å². The Morgan fingerprint density at radius 2 is 1.15 bits per heavy atom. The molecule has 8 rings (SSSR count). The smallest absolute Gasteiger partial charge is 0.164 e. The number of hydrogen-bond donors (Lipinski definition) is 3. The van der Waals surface area contributed by atoms with E-state index in [1.165, 1.54) is 12.7 Å². The molecule has 46 heavy (non-hydrogen) atoms. The lowest BCUT2D eigenvalue weighted by Gasteiger charge is -2.24. The molecule has 4 aliphatic rings. The summed E-state index contributed by atoms with van der Waals surface area (Å²) in [5.74, 6) is -0.997. The van der Waals surface area contributed by atoms with Crippen LogP contribution in [0, 0.1) is 0 Å². The van der Waals surface area contributed by atoms with Gasteiger partial charge in [-0.1, -0.05) is 26.5 Å². The third-order valence-electron chi connectivity index (χ3n) is 8.16. The molecule has 4 N–H and O–H groups in total. The van der Waals surface area contributed by atoms with Crippen molar-refractivity contribution in [2.24, 2.45) is 0 Å². The molecule has 16 heteroatoms. The van der Waals surface area contributed by atoms with E-state index in [0.29, 0.717) is 22.3 Å². The topological polar surface area (TPSA) is 183 Å². The molecule has 4 aromatic rings. The maximum absolute atomic E-state index is 9.54. The molecule has 0 amide bonds. The number of aromatic nitrogens is 6. The number of anilines is 1. The van der Waals surface area contributed by atoms with E-state index in [4.69, 9.17) is 45.8 Å². The second-order valence-corrected chi connectivity index (χ2v) is 12.3. The molecular weight excluding hydrogens is 622 g/mol. The Balaban J connectivity index is 0.000000174. The fraction of sp³-hybridized carbons (Fsp3) is 0.600. The minimum atomic E-state index is -0.708. The number of rotatable bonds is 4. The van der Waals surface area contributed by atoms with Gasteiger partial charge < -0.3 is 53.5 Å². The van der Waals surface area contributed by atoms with Crippen molar-refractivity contribution in [1.82, 2.24) is 29.1 Å². The molecule has 0 spiro atoms. The molecule has 0 aliphatic carbocycles. The Labute approximate surface area is 271 Å². The third-order valence-corrected chi connectivity index (χ3v) is 8.46. The maximum Gasteiger partial charge on any atom is 0.164 e. The van der Waals surface area contributed by atoms with Crippen molar-refractivity contribution >= 4 is 39.5 Å². The first-order valence-electron chi connectivity index (χ1n) is 14.3. The van der Waals surface area contributed by atoms with Crippen LogP contribution in [0.3, 0.4) is 0 Å². The highest BCUT2D eigenvalue weighted by Crippen LogP contribution is 2.45. The van der Waals surface area contributed by atoms with E-state index in [9.17, 15) is 10.2 Å². The minimum absolute atomic E-state index is 0. The van der Waals surface area contributed by atoms with Crippen LogP contribution in [-0.4, -0.2) is 101 Å². The number of ether oxygens (including phenoxy) is 6. The van der Waals surface area contributed by atoms with Crippen molar-refractivity contribution in [3.63, 3.8) is 0 Å². The van der Waals surface area contributed by atoms with Gasteiger partial charge in [0.15, 0.2) is 24.0 Å². The van der Waals surface area contributed by atoms with Crippen LogP contribution in [-0.2, 0) is 28.4 Å². The van der Waals surface area contributed by atoms with E-state index in [0.717, 1.165) is 10.8 Å². The average molecular weight is 664 g/mol. The number of aliphatic hydroxyl groups is 2. The van der Waals surface area contributed by atoms with Crippen molar-refractivity contribution in [2.75, 3.05) is 18.9 Å². The minimum Gasteiger partial charge on any atom is -0.394 e. The number of aliphatic hydroxyl groups excluding tert-OH is 2. The Bertz CT molecular complexity index is 1560. The van der Waals surface area contributed by atoms with Gasteiger partial charge in [0.1, 0.15) is 71.5 Å². The van der Waals surface area contributed by atoms with Crippen LogP contribution < -0.4 is 5.73 Å². The Morgan fingerprint density at radius 3 is 1.65 bits per heavy atom. The molecule has 0 aromatic carbocycles. The quantitative estimate of drug-likeness (QED) is 0.271. The summed E-state index contributed by atoms with van der Waals surface area (Å²) in [7, 11) is 0. The summed E-state index contributed by atoms with van der Waals surface area (Å²) in [6.45, 7) is 7.14. The standard InChI is InChI=1S/C14H16ClN3O4.C14H18N4O4.2CH4/c2*1-14(2)21-9-8(5-19)20-13(10(9)22-14)18-4-3-7-11(15)16-6-17-12(7)18;;/h3-4,6,8-10,13,19H,5H2,1-2H3;3-4,6,8-10,13,19H,5H2,1-2H3,(H2,15,16,17);2*1H4/t2*8-,9-,10-,13-;;/m11../s1. The molecule has 4 aromatic heterocycles. The lowest BCUT2D eigenvalue weighted by molar-refractivity contribution is -0.199. The highest BCUT2D eigenvalue weighted by molar-refractivity contribution is 6.33. The second kappa shape index (κ2) is 12.6. The predicted octanol–water partition coefficient (Wildman–Crippen LogP) is 3.19. The Morgan fingerprint density at radius 1 is 0.717 bits per heavy atom. The summed E-state index contributed by atoms with van der Waals surface area (Å²) < 4.78 is 39.2. The molecule has 4 fully saturated rings. The van der Waals surface area contributed by atoms with Crippen LogP contribution in [0.1, 0.15) is 55.0 Å². The summed E-state index contributed by atoms with van der Waals surface area (Å²) in [6, 6.07) is 3.68. The largest absolute Gasteiger partial charge is 0.394 e. The van der Waals surface area contributed by atoms with Gasteiger partial charge >= 0.3 is 0 Å². The van der Waals surface area contributed by atoms with E-state index in [2.05, 4.69) is 19.9 Å². The number of fused-ring (bicyclic) bond motifs is 4. The summed E-state index contributed by atoms with van der Waals surface area (Å²) >= 11 is 6.09. The van der Waals surface area contributed by atoms with Gasteiger partial charge in [0, 0.05) is 12.4 Å². The Kier molecular flexibility index (Phi) is 9.38. The van der Waals surface area contributed by atoms with Crippen molar-refractivity contribution in [3.8, 4) is 0 Å². The number of nitrogens with zero attached hydrogens (tertiary/aromatic N) is 6. The fourth-order valence-electron chi connectivity index (χ4n) is 6.40. The number of hydrogen-bond acceptors (Lipinski definition) is 13. The molecule has 0 radical (unpaired) electrons. The van der Waals surface area contributed by atoms with Crippen LogP contribution in [0.2, 0.25) is 5.15 Å². The van der Waals surface area contributed by atoms with Gasteiger partial charge in [-0.15, -0.1) is 0 Å². The zero-order chi connectivity index (χ0) is 31.0. The first-order chi connectivity index (χ1) is 21.0. The SMILES string of the molecule is C.C.CC1(C)O[C@@H]2[C@H](O1)[C@@H](CO)O[C@H]2n1ccc2c(Cl)ncnc21.CC1(C)O[C@@H]2[C@H](O1)[C@@H](CO)O[C@H]2n1ccc2c(N)ncnc21. The molecule has 4 aliphatic heterocycles. The third kappa shape index (κ3) is 5.73. The summed E-state index contributed by atoms with van der Waals surface area (Å²) in [6.07, 6.45) is 3.47. The molecule has 0 bridgehead atoms. The molecule has 252 valence electrons. The number of halogens is 1. The van der Waals surface area contributed by atoms with Gasteiger partial charge in [-0.25, -0.2) is 19.9 Å². The Hall–Kier alpha value is -2.99. The lowest BCUT2D eigenvalue weighted by Crippen LogP contribution is -2.31. The highest BCUT2D eigenvalue weighted by Gasteiger charge is 2.57. The molecule has 0 saturated carbocycles. The molecule has 0 unspecified atom stereocenters. The van der Waals surface area contributed by atoms with Gasteiger partial charge in [-0.3, -0.25) is 0 Å². The van der Waals surface area contributed by atoms with Gasteiger partial charge in [0.25, 0.3) is 0 Å². The molecule has 4 saturated heterocycles. The zero-order valence-electron chi connectivity index (χ0n) is 24.5. The van der Waals surface area contributed by atoms with Gasteiger partial charge in [-0.2, -0.15) is 0 Å². The summed E-state index contributed by atoms with van der Waals surface area (Å²) in [5.41, 5.74) is 7.20. The van der Waals surface area contributed by atoms with Crippen molar-refractivity contribution in [3.05, 3.63) is 42.3 Å². The van der Waals surface area contributed by atoms with Gasteiger partial charge in [0.05, 0.1) is 24.0 Å². The van der Waals surface area contributed by atoms with E-state index >= 15 is 0 Å². The van der Waals surface area contributed by atoms with Crippen LogP contribution in [0.4, 0.5) is 5.82 Å². The van der Waals surface area contributed by atoms with Crippen LogP contribution in [0.15, 0.2) is 37.2 Å². The first kappa shape index (κ1) is 34.3. The molecule has 8 heterocycles. The molecular formula is C30H42ClN7O8. The lowest BCUT2D eigenvalue weighted by atomic mass is 10.1. The maximum atomic E-state index is 9.54. The second-order valence-electron chi connectivity index (χ2n) is 12.0. The van der Waals surface area contributed by atoms with Crippen molar-refractivity contribution in [1.29, 1.82) is 0 Å². The van der Waals surface area contributed by atoms with Crippen LogP contribution in [0.25, 0.3) is 22.1 Å². The van der Waals surface area contributed by atoms with Crippen LogP contribution in [0.5, 0.6) is 0 Å². The van der Waals surface area contributed by atoms with E-state index < -0.39 is 36.2 Å². The van der Waals surface area contributed by atoms with Crippen molar-refractivity contribution in [2.45, 2.75) is 103 Å². The number of nitrogen functional groups attached to an aromatic ring is 1. The summed E-state index contributed by atoms with van der Waals surface area (Å²) in [5, 5.41) is 21.0.